The Kier molecular flexibility index (Phi) is 3.95. The molecule has 1 aliphatic carbocycles. The van der Waals surface area contributed by atoms with Gasteiger partial charge in [-0.25, -0.2) is 0 Å². The van der Waals surface area contributed by atoms with Crippen LogP contribution >= 0.6 is 0 Å². The zero-order chi connectivity index (χ0) is 14.0. The highest BCUT2D eigenvalue weighted by Crippen LogP contribution is 2.38. The summed E-state index contributed by atoms with van der Waals surface area (Å²) in [6.07, 6.45) is 0.827. The quantitative estimate of drug-likeness (QED) is 0.827. The van der Waals surface area contributed by atoms with Gasteiger partial charge in [-0.3, -0.25) is 4.79 Å². The predicted octanol–water partition coefficient (Wildman–Crippen LogP) is 2.58. The molecule has 0 heterocycles. The SMILES string of the molecule is Cc1cccc(C(C)(C)CNCC2CC2C(=O)O)c1. The number of hydrogen-bond acceptors (Lipinski definition) is 2. The summed E-state index contributed by atoms with van der Waals surface area (Å²) in [5.41, 5.74) is 2.67. The lowest BCUT2D eigenvalue weighted by molar-refractivity contribution is -0.138. The Morgan fingerprint density at radius 2 is 2.21 bits per heavy atom. The Morgan fingerprint density at radius 3 is 2.79 bits per heavy atom. The van der Waals surface area contributed by atoms with E-state index in [0.717, 1.165) is 19.5 Å². The average molecular weight is 261 g/mol. The van der Waals surface area contributed by atoms with Crippen LogP contribution in [0.2, 0.25) is 0 Å². The van der Waals surface area contributed by atoms with E-state index in [1.807, 2.05) is 0 Å². The number of benzene rings is 1. The molecule has 2 rings (SSSR count). The number of carboxylic acids is 1. The highest BCUT2D eigenvalue weighted by Gasteiger charge is 2.42. The number of carbonyl (C=O) groups is 1. The highest BCUT2D eigenvalue weighted by atomic mass is 16.4. The van der Waals surface area contributed by atoms with E-state index >= 15 is 0 Å². The van der Waals surface area contributed by atoms with Gasteiger partial charge in [-0.1, -0.05) is 43.7 Å². The largest absolute Gasteiger partial charge is 0.481 e. The zero-order valence-corrected chi connectivity index (χ0v) is 11.9. The van der Waals surface area contributed by atoms with Crippen molar-refractivity contribution in [3.05, 3.63) is 35.4 Å². The van der Waals surface area contributed by atoms with E-state index in [2.05, 4.69) is 50.4 Å². The number of aliphatic carboxylic acids is 1. The lowest BCUT2D eigenvalue weighted by Crippen LogP contribution is -2.34. The van der Waals surface area contributed by atoms with Gasteiger partial charge in [0.2, 0.25) is 0 Å². The van der Waals surface area contributed by atoms with Crippen molar-refractivity contribution in [3.8, 4) is 0 Å². The molecule has 0 aliphatic heterocycles. The van der Waals surface area contributed by atoms with Gasteiger partial charge in [0, 0.05) is 12.0 Å². The average Bonchev–Trinajstić information content (AvgIpc) is 3.08. The summed E-state index contributed by atoms with van der Waals surface area (Å²) < 4.78 is 0. The normalized spacial score (nSPS) is 22.3. The Balaban J connectivity index is 1.83. The van der Waals surface area contributed by atoms with Crippen LogP contribution in [0.1, 0.15) is 31.4 Å². The Morgan fingerprint density at radius 1 is 1.47 bits per heavy atom. The fourth-order valence-corrected chi connectivity index (χ4v) is 2.51. The minimum atomic E-state index is -0.648. The van der Waals surface area contributed by atoms with Crippen molar-refractivity contribution < 1.29 is 9.90 Å². The maximum absolute atomic E-state index is 10.8. The monoisotopic (exact) mass is 261 g/mol. The smallest absolute Gasteiger partial charge is 0.306 e. The van der Waals surface area contributed by atoms with E-state index in [0.29, 0.717) is 5.92 Å². The fraction of sp³-hybridized carbons (Fsp3) is 0.562. The minimum Gasteiger partial charge on any atom is -0.481 e. The molecule has 1 aromatic rings. The van der Waals surface area contributed by atoms with Crippen molar-refractivity contribution in [1.82, 2.24) is 5.32 Å². The van der Waals surface area contributed by atoms with Crippen LogP contribution in [0.3, 0.4) is 0 Å². The van der Waals surface area contributed by atoms with Gasteiger partial charge in [-0.05, 0) is 31.4 Å². The maximum atomic E-state index is 10.8. The maximum Gasteiger partial charge on any atom is 0.306 e. The third-order valence-corrected chi connectivity index (χ3v) is 4.01. The van der Waals surface area contributed by atoms with Crippen LogP contribution < -0.4 is 5.32 Å². The Labute approximate surface area is 115 Å². The van der Waals surface area contributed by atoms with Crippen LogP contribution in [0, 0.1) is 18.8 Å². The molecule has 2 unspecified atom stereocenters. The van der Waals surface area contributed by atoms with Crippen LogP contribution in [-0.2, 0) is 10.2 Å². The van der Waals surface area contributed by atoms with Gasteiger partial charge in [-0.2, -0.15) is 0 Å². The van der Waals surface area contributed by atoms with Crippen LogP contribution in [0.4, 0.5) is 0 Å². The van der Waals surface area contributed by atoms with Gasteiger partial charge in [0.05, 0.1) is 5.92 Å². The van der Waals surface area contributed by atoms with Gasteiger partial charge in [0.1, 0.15) is 0 Å². The van der Waals surface area contributed by atoms with Crippen molar-refractivity contribution in [1.29, 1.82) is 0 Å². The highest BCUT2D eigenvalue weighted by molar-refractivity contribution is 5.73. The standard InChI is InChI=1S/C16H23NO2/c1-11-5-4-6-13(7-11)16(2,3)10-17-9-12-8-14(12)15(18)19/h4-7,12,14,17H,8-10H2,1-3H3,(H,18,19). The van der Waals surface area contributed by atoms with Crippen LogP contribution in [0.5, 0.6) is 0 Å². The summed E-state index contributed by atoms with van der Waals surface area (Å²) in [7, 11) is 0. The molecule has 0 bridgehead atoms. The molecule has 0 aromatic heterocycles. The Hall–Kier alpha value is -1.35. The van der Waals surface area contributed by atoms with Gasteiger partial charge < -0.3 is 10.4 Å². The van der Waals surface area contributed by atoms with Crippen LogP contribution in [-0.4, -0.2) is 24.2 Å². The molecule has 3 nitrogen and oxygen atoms in total. The summed E-state index contributed by atoms with van der Waals surface area (Å²) in [5, 5.41) is 12.3. The number of nitrogens with one attached hydrogen (secondary N) is 1. The van der Waals surface area contributed by atoms with Gasteiger partial charge in [0.25, 0.3) is 0 Å². The molecule has 1 aliphatic rings. The first-order chi connectivity index (χ1) is 8.90. The molecule has 0 spiro atoms. The third-order valence-electron chi connectivity index (χ3n) is 4.01. The van der Waals surface area contributed by atoms with E-state index in [1.165, 1.54) is 11.1 Å². The summed E-state index contributed by atoms with van der Waals surface area (Å²) in [6, 6.07) is 8.58. The molecule has 104 valence electrons. The van der Waals surface area contributed by atoms with E-state index in [9.17, 15) is 4.79 Å². The fourth-order valence-electron chi connectivity index (χ4n) is 2.51. The first-order valence-corrected chi connectivity index (χ1v) is 6.91. The molecule has 2 N–H and O–H groups in total. The number of carboxylic acid groups (broad SMARTS) is 1. The number of aryl methyl sites for hydroxylation is 1. The first-order valence-electron chi connectivity index (χ1n) is 6.91. The molecular weight excluding hydrogens is 238 g/mol. The third kappa shape index (κ3) is 3.57. The summed E-state index contributed by atoms with van der Waals surface area (Å²) >= 11 is 0. The first kappa shape index (κ1) is 14.1. The molecule has 19 heavy (non-hydrogen) atoms. The molecule has 1 fully saturated rings. The minimum absolute atomic E-state index is 0.0691. The molecule has 0 amide bonds. The Bertz CT molecular complexity index is 468. The molecule has 1 aromatic carbocycles. The molecule has 1 saturated carbocycles. The molecule has 0 saturated heterocycles. The topological polar surface area (TPSA) is 49.3 Å². The second-order valence-corrected chi connectivity index (χ2v) is 6.32. The summed E-state index contributed by atoms with van der Waals surface area (Å²) in [4.78, 5) is 10.8. The second kappa shape index (κ2) is 5.33. The van der Waals surface area contributed by atoms with Crippen molar-refractivity contribution in [3.63, 3.8) is 0 Å². The van der Waals surface area contributed by atoms with Crippen molar-refractivity contribution in [2.75, 3.05) is 13.1 Å². The van der Waals surface area contributed by atoms with E-state index < -0.39 is 5.97 Å². The summed E-state index contributed by atoms with van der Waals surface area (Å²) in [5.74, 6) is -0.440. The lowest BCUT2D eigenvalue weighted by atomic mass is 9.84. The van der Waals surface area contributed by atoms with Gasteiger partial charge in [-0.15, -0.1) is 0 Å². The van der Waals surface area contributed by atoms with Crippen LogP contribution in [0.25, 0.3) is 0 Å². The van der Waals surface area contributed by atoms with E-state index in [-0.39, 0.29) is 11.3 Å². The van der Waals surface area contributed by atoms with E-state index in [1.54, 1.807) is 0 Å². The predicted molar refractivity (Wildman–Crippen MR) is 76.3 cm³/mol. The van der Waals surface area contributed by atoms with Crippen molar-refractivity contribution >= 4 is 5.97 Å². The number of hydrogen-bond donors (Lipinski definition) is 2. The van der Waals surface area contributed by atoms with Gasteiger partial charge in [0.15, 0.2) is 0 Å². The van der Waals surface area contributed by atoms with E-state index in [4.69, 9.17) is 5.11 Å². The lowest BCUT2D eigenvalue weighted by Gasteiger charge is -2.26. The van der Waals surface area contributed by atoms with Crippen molar-refractivity contribution in [2.24, 2.45) is 11.8 Å². The van der Waals surface area contributed by atoms with Gasteiger partial charge >= 0.3 is 5.97 Å². The van der Waals surface area contributed by atoms with Crippen molar-refractivity contribution in [2.45, 2.75) is 32.6 Å². The molecular formula is C16H23NO2. The second-order valence-electron chi connectivity index (χ2n) is 6.32. The van der Waals surface area contributed by atoms with Crippen LogP contribution in [0.15, 0.2) is 24.3 Å². The summed E-state index contributed by atoms with van der Waals surface area (Å²) in [6.45, 7) is 8.23. The zero-order valence-electron chi connectivity index (χ0n) is 11.9. The number of rotatable bonds is 6. The molecule has 2 atom stereocenters. The molecule has 0 radical (unpaired) electrons. The molecule has 3 heteroatoms.